The Morgan fingerprint density at radius 3 is 2.21 bits per heavy atom. The molecule has 2 aliphatic rings. The number of nitrogens with zero attached hydrogens (tertiary/aromatic N) is 1. The number of hydrazine groups is 1. The molecule has 0 aromatic heterocycles. The standard InChI is InChI=1S/C24H20BrN3O6/c25-16-10-8-14(9-11-16)21(30)27-26-20(29)13-34-24(33)15-4-3-5-17(12-15)28-22(31)18-6-1-2-7-19(18)23(28)32/h1-5,8-12,18-19H,6-7,13H2,(H,26,29)(H,27,30)/t18-,19+. The first kappa shape index (κ1) is 23.4. The predicted octanol–water partition coefficient (Wildman–Crippen LogP) is 2.52. The Hall–Kier alpha value is -3.79. The summed E-state index contributed by atoms with van der Waals surface area (Å²) in [6, 6.07) is 12.4. The maximum atomic E-state index is 12.8. The fourth-order valence-corrected chi connectivity index (χ4v) is 4.14. The molecule has 4 rings (SSSR count). The van der Waals surface area contributed by atoms with Gasteiger partial charge in [0, 0.05) is 10.0 Å². The third-order valence-electron chi connectivity index (χ3n) is 5.60. The second kappa shape index (κ2) is 10.0. The van der Waals surface area contributed by atoms with Crippen LogP contribution in [-0.2, 0) is 19.1 Å². The second-order valence-corrected chi connectivity index (χ2v) is 8.72. The molecule has 10 heteroatoms. The van der Waals surface area contributed by atoms with E-state index in [1.54, 1.807) is 30.3 Å². The fraction of sp³-hybridized carbons (Fsp3) is 0.208. The molecule has 0 unspecified atom stereocenters. The molecule has 1 fully saturated rings. The second-order valence-electron chi connectivity index (χ2n) is 7.80. The first-order valence-electron chi connectivity index (χ1n) is 10.5. The van der Waals surface area contributed by atoms with E-state index in [0.717, 1.165) is 9.37 Å². The van der Waals surface area contributed by atoms with Gasteiger partial charge in [0.1, 0.15) is 0 Å². The summed E-state index contributed by atoms with van der Waals surface area (Å²) >= 11 is 3.27. The quantitative estimate of drug-likeness (QED) is 0.267. The van der Waals surface area contributed by atoms with Crippen molar-refractivity contribution >= 4 is 51.2 Å². The summed E-state index contributed by atoms with van der Waals surface area (Å²) in [4.78, 5) is 63.0. The average Bonchev–Trinajstić information content (AvgIpc) is 3.11. The maximum absolute atomic E-state index is 12.8. The highest BCUT2D eigenvalue weighted by Gasteiger charge is 2.47. The van der Waals surface area contributed by atoms with E-state index >= 15 is 0 Å². The smallest absolute Gasteiger partial charge is 0.338 e. The molecule has 4 amide bonds. The largest absolute Gasteiger partial charge is 0.452 e. The molecule has 34 heavy (non-hydrogen) atoms. The van der Waals surface area contributed by atoms with E-state index in [2.05, 4.69) is 26.8 Å². The van der Waals surface area contributed by atoms with Gasteiger partial charge in [-0.3, -0.25) is 34.9 Å². The zero-order chi connectivity index (χ0) is 24.2. The number of rotatable bonds is 5. The van der Waals surface area contributed by atoms with Gasteiger partial charge in [0.25, 0.3) is 11.8 Å². The number of hydrogen-bond donors (Lipinski definition) is 2. The van der Waals surface area contributed by atoms with Crippen LogP contribution in [0.1, 0.15) is 33.6 Å². The number of carbonyl (C=O) groups is 5. The van der Waals surface area contributed by atoms with Crippen LogP contribution in [0, 0.1) is 11.8 Å². The summed E-state index contributed by atoms with van der Waals surface area (Å²) in [7, 11) is 0. The Kier molecular flexibility index (Phi) is 6.87. The molecule has 0 radical (unpaired) electrons. The first-order valence-corrected chi connectivity index (χ1v) is 11.3. The zero-order valence-electron chi connectivity index (χ0n) is 17.8. The third kappa shape index (κ3) is 4.91. The van der Waals surface area contributed by atoms with Crippen LogP contribution in [0.3, 0.4) is 0 Å². The molecule has 2 atom stereocenters. The van der Waals surface area contributed by atoms with Crippen molar-refractivity contribution in [1.29, 1.82) is 0 Å². The predicted molar refractivity (Wildman–Crippen MR) is 124 cm³/mol. The molecule has 0 bridgehead atoms. The maximum Gasteiger partial charge on any atom is 0.338 e. The lowest BCUT2D eigenvalue weighted by molar-refractivity contribution is -0.125. The highest BCUT2D eigenvalue weighted by atomic mass is 79.9. The Morgan fingerprint density at radius 1 is 0.912 bits per heavy atom. The van der Waals surface area contributed by atoms with Crippen molar-refractivity contribution in [2.45, 2.75) is 12.8 Å². The minimum Gasteiger partial charge on any atom is -0.452 e. The molecular weight excluding hydrogens is 506 g/mol. The van der Waals surface area contributed by atoms with Gasteiger partial charge in [-0.25, -0.2) is 4.79 Å². The van der Waals surface area contributed by atoms with Gasteiger partial charge in [0.05, 0.1) is 23.1 Å². The van der Waals surface area contributed by atoms with Gasteiger partial charge in [-0.1, -0.05) is 34.1 Å². The third-order valence-corrected chi connectivity index (χ3v) is 6.13. The van der Waals surface area contributed by atoms with Crippen molar-refractivity contribution in [3.8, 4) is 0 Å². The number of halogens is 1. The molecular formula is C24H20BrN3O6. The number of benzene rings is 2. The number of anilines is 1. The number of hydrogen-bond acceptors (Lipinski definition) is 6. The van der Waals surface area contributed by atoms with Crippen molar-refractivity contribution in [2.75, 3.05) is 11.5 Å². The van der Waals surface area contributed by atoms with E-state index in [0.29, 0.717) is 18.4 Å². The summed E-state index contributed by atoms with van der Waals surface area (Å²) in [6.45, 7) is -0.638. The van der Waals surface area contributed by atoms with E-state index < -0.39 is 24.4 Å². The number of carbonyl (C=O) groups excluding carboxylic acids is 5. The van der Waals surface area contributed by atoms with Crippen LogP contribution in [0.5, 0.6) is 0 Å². The molecule has 2 N–H and O–H groups in total. The first-order chi connectivity index (χ1) is 16.3. The number of amides is 4. The lowest BCUT2D eigenvalue weighted by Gasteiger charge is -2.15. The lowest BCUT2D eigenvalue weighted by atomic mass is 9.85. The van der Waals surface area contributed by atoms with Crippen LogP contribution in [0.4, 0.5) is 5.69 Å². The highest BCUT2D eigenvalue weighted by Crippen LogP contribution is 2.37. The van der Waals surface area contributed by atoms with Crippen LogP contribution in [0.2, 0.25) is 0 Å². The molecule has 0 saturated carbocycles. The average molecular weight is 526 g/mol. The van der Waals surface area contributed by atoms with Gasteiger partial charge >= 0.3 is 5.97 Å². The Morgan fingerprint density at radius 2 is 1.56 bits per heavy atom. The van der Waals surface area contributed by atoms with Crippen LogP contribution in [-0.4, -0.2) is 36.2 Å². The lowest BCUT2D eigenvalue weighted by Crippen LogP contribution is -2.43. The molecule has 2 aromatic rings. The number of esters is 1. The van der Waals surface area contributed by atoms with E-state index in [4.69, 9.17) is 4.74 Å². The van der Waals surface area contributed by atoms with Crippen molar-refractivity contribution in [2.24, 2.45) is 11.8 Å². The minimum atomic E-state index is -0.811. The summed E-state index contributed by atoms with van der Waals surface area (Å²) in [5, 5.41) is 0. The van der Waals surface area contributed by atoms with Crippen LogP contribution < -0.4 is 15.8 Å². The van der Waals surface area contributed by atoms with Crippen LogP contribution >= 0.6 is 15.9 Å². The van der Waals surface area contributed by atoms with E-state index in [-0.39, 0.29) is 34.9 Å². The van der Waals surface area contributed by atoms with E-state index in [1.165, 1.54) is 18.2 Å². The number of nitrogens with one attached hydrogen (secondary N) is 2. The van der Waals surface area contributed by atoms with Crippen molar-refractivity contribution in [3.63, 3.8) is 0 Å². The molecule has 1 saturated heterocycles. The zero-order valence-corrected chi connectivity index (χ0v) is 19.4. The fourth-order valence-electron chi connectivity index (χ4n) is 3.88. The van der Waals surface area contributed by atoms with Gasteiger partial charge in [0.15, 0.2) is 6.61 Å². The summed E-state index contributed by atoms with van der Waals surface area (Å²) in [6.07, 6.45) is 4.83. The SMILES string of the molecule is O=C(COC(=O)c1cccc(N2C(=O)[C@H]3CC=CC[C@H]3C2=O)c1)NNC(=O)c1ccc(Br)cc1. The van der Waals surface area contributed by atoms with Gasteiger partial charge in [-0.2, -0.15) is 0 Å². The Labute approximate surface area is 203 Å². The molecule has 174 valence electrons. The highest BCUT2D eigenvalue weighted by molar-refractivity contribution is 9.10. The van der Waals surface area contributed by atoms with Gasteiger partial charge in [-0.05, 0) is 55.3 Å². The number of ether oxygens (including phenoxy) is 1. The topological polar surface area (TPSA) is 122 Å². The van der Waals surface area contributed by atoms with Crippen molar-refractivity contribution < 1.29 is 28.7 Å². The Balaban J connectivity index is 1.32. The van der Waals surface area contributed by atoms with E-state index in [1.807, 2.05) is 12.2 Å². The van der Waals surface area contributed by atoms with Gasteiger partial charge in [0.2, 0.25) is 11.8 Å². The van der Waals surface area contributed by atoms with E-state index in [9.17, 15) is 24.0 Å². The van der Waals surface area contributed by atoms with Gasteiger partial charge in [-0.15, -0.1) is 0 Å². The molecule has 1 aliphatic heterocycles. The van der Waals surface area contributed by atoms with Crippen LogP contribution in [0.15, 0.2) is 65.2 Å². The monoisotopic (exact) mass is 525 g/mol. The number of allylic oxidation sites excluding steroid dienone is 2. The summed E-state index contributed by atoms with van der Waals surface area (Å²) in [5.41, 5.74) is 5.09. The number of fused-ring (bicyclic) bond motifs is 1. The van der Waals surface area contributed by atoms with Crippen LogP contribution in [0.25, 0.3) is 0 Å². The van der Waals surface area contributed by atoms with Crippen molar-refractivity contribution in [3.05, 3.63) is 76.3 Å². The molecule has 1 aliphatic carbocycles. The summed E-state index contributed by atoms with van der Waals surface area (Å²) in [5.74, 6) is -3.42. The minimum absolute atomic E-state index is 0.0813. The molecule has 0 spiro atoms. The normalized spacial score (nSPS) is 18.9. The molecule has 1 heterocycles. The van der Waals surface area contributed by atoms with Crippen molar-refractivity contribution in [1.82, 2.24) is 10.9 Å². The molecule has 9 nitrogen and oxygen atoms in total. The Bertz CT molecular complexity index is 1170. The molecule has 2 aromatic carbocycles. The summed E-state index contributed by atoms with van der Waals surface area (Å²) < 4.78 is 5.81. The number of imide groups is 1. The van der Waals surface area contributed by atoms with Gasteiger partial charge < -0.3 is 4.74 Å².